The fraction of sp³-hybridized carbons (Fsp3) is 1.00. The van der Waals surface area contributed by atoms with Crippen LogP contribution >= 0.6 is 0 Å². The maximum Gasteiger partial charge on any atom is 0.116 e. The number of rotatable bonds is 50. The van der Waals surface area contributed by atoms with Crippen molar-refractivity contribution in [2.24, 2.45) is 17.8 Å². The summed E-state index contributed by atoms with van der Waals surface area (Å²) in [5.41, 5.74) is -2.57. The van der Waals surface area contributed by atoms with Crippen molar-refractivity contribution in [3.63, 3.8) is 0 Å². The Labute approximate surface area is 380 Å². The molecule has 3 nitrogen and oxygen atoms in total. The molecule has 0 radical (unpaired) electrons. The molecule has 1 unspecified atom stereocenters. The molecule has 0 aromatic carbocycles. The number of hydrogen-bond donors (Lipinski definition) is 3. The SMILES string of the molecule is CC(C)CCCCCCCCCCCCCCCC(O)(CO)C(O)(CCCCCCCCCCCCCCCC(C)C)CCCCCCCCCCCCCCCC(C)C. The molecular weight excluding hydrogens is 733 g/mol. The first-order valence-electron chi connectivity index (χ1n) is 28.1. The van der Waals surface area contributed by atoms with Gasteiger partial charge in [-0.1, -0.05) is 311 Å². The van der Waals surface area contributed by atoms with Crippen molar-refractivity contribution in [3.8, 4) is 0 Å². The van der Waals surface area contributed by atoms with Gasteiger partial charge in [-0.3, -0.25) is 0 Å². The van der Waals surface area contributed by atoms with Crippen LogP contribution in [-0.4, -0.2) is 33.1 Å². The predicted molar refractivity (Wildman–Crippen MR) is 269 cm³/mol. The minimum atomic E-state index is -1.38. The lowest BCUT2D eigenvalue weighted by atomic mass is 9.73. The molecule has 0 bridgehead atoms. The molecule has 0 aliphatic carbocycles. The van der Waals surface area contributed by atoms with E-state index in [0.717, 1.165) is 56.3 Å². The Kier molecular flexibility index (Phi) is 44.0. The van der Waals surface area contributed by atoms with Crippen molar-refractivity contribution < 1.29 is 15.3 Å². The van der Waals surface area contributed by atoms with Crippen molar-refractivity contribution in [3.05, 3.63) is 0 Å². The third-order valence-corrected chi connectivity index (χ3v) is 14.2. The molecule has 362 valence electrons. The smallest absolute Gasteiger partial charge is 0.116 e. The number of aliphatic hydroxyl groups excluding tert-OH is 1. The van der Waals surface area contributed by atoms with Crippen molar-refractivity contribution in [1.29, 1.82) is 0 Å². The summed E-state index contributed by atoms with van der Waals surface area (Å²) in [6.07, 6.45) is 57.1. The summed E-state index contributed by atoms with van der Waals surface area (Å²) < 4.78 is 0. The number of unbranched alkanes of at least 4 members (excludes halogenated alkanes) is 36. The maximum atomic E-state index is 12.2. The molecule has 0 rings (SSSR count). The van der Waals surface area contributed by atoms with Gasteiger partial charge in [0.1, 0.15) is 5.60 Å². The van der Waals surface area contributed by atoms with Crippen LogP contribution in [0.4, 0.5) is 0 Å². The number of aliphatic hydroxyl groups is 3. The van der Waals surface area contributed by atoms with Crippen LogP contribution in [0.1, 0.15) is 330 Å². The molecule has 3 N–H and O–H groups in total. The minimum Gasteiger partial charge on any atom is -0.393 e. The Hall–Kier alpha value is -0.120. The Morgan fingerprint density at radius 1 is 0.233 bits per heavy atom. The lowest BCUT2D eigenvalue weighted by Gasteiger charge is -2.43. The zero-order chi connectivity index (χ0) is 44.3. The third-order valence-electron chi connectivity index (χ3n) is 14.2. The van der Waals surface area contributed by atoms with E-state index in [1.54, 1.807) is 0 Å². The van der Waals surface area contributed by atoms with Crippen LogP contribution in [0.5, 0.6) is 0 Å². The van der Waals surface area contributed by atoms with E-state index in [1.807, 2.05) is 0 Å². The first kappa shape index (κ1) is 59.9. The molecule has 0 aliphatic rings. The van der Waals surface area contributed by atoms with Crippen LogP contribution in [0.2, 0.25) is 0 Å². The first-order chi connectivity index (χ1) is 29.1. The van der Waals surface area contributed by atoms with E-state index >= 15 is 0 Å². The van der Waals surface area contributed by atoms with E-state index in [2.05, 4.69) is 41.5 Å². The Balaban J connectivity index is 4.47. The lowest BCUT2D eigenvalue weighted by molar-refractivity contribution is -0.185. The molecule has 0 fully saturated rings. The van der Waals surface area contributed by atoms with E-state index in [4.69, 9.17) is 0 Å². The summed E-state index contributed by atoms with van der Waals surface area (Å²) in [4.78, 5) is 0. The van der Waals surface area contributed by atoms with E-state index in [-0.39, 0.29) is 6.61 Å². The summed E-state index contributed by atoms with van der Waals surface area (Å²) in [5.74, 6) is 2.56. The average molecular weight is 850 g/mol. The van der Waals surface area contributed by atoms with Gasteiger partial charge in [0, 0.05) is 0 Å². The minimum absolute atomic E-state index is 0.322. The highest BCUT2D eigenvalue weighted by Crippen LogP contribution is 2.37. The molecule has 1 atom stereocenters. The van der Waals surface area contributed by atoms with Crippen molar-refractivity contribution >= 4 is 0 Å². The highest BCUT2D eigenvalue weighted by molar-refractivity contribution is 4.99. The van der Waals surface area contributed by atoms with E-state index in [9.17, 15) is 15.3 Å². The molecule has 0 aromatic heterocycles. The zero-order valence-electron chi connectivity index (χ0n) is 42.6. The molecule has 0 saturated heterocycles. The fourth-order valence-corrected chi connectivity index (χ4v) is 9.79. The van der Waals surface area contributed by atoms with Crippen molar-refractivity contribution in [1.82, 2.24) is 0 Å². The standard InChI is InChI=1S/C57H116O3/c1-53(2)46-40-34-28-22-16-10-7-13-19-25-31-37-43-49-56(59,50-44-38-32-26-20-14-8-11-17-23-29-35-41-47-54(3)4)57(60,52-58)51-45-39-33-27-21-15-9-12-18-24-30-36-42-48-55(5)6/h53-55,58-60H,7-52H2,1-6H3. The summed E-state index contributed by atoms with van der Waals surface area (Å²) in [6.45, 7) is 13.7. The van der Waals surface area contributed by atoms with E-state index in [0.29, 0.717) is 19.3 Å². The topological polar surface area (TPSA) is 60.7 Å². The van der Waals surface area contributed by atoms with E-state index < -0.39 is 11.2 Å². The zero-order valence-corrected chi connectivity index (χ0v) is 42.6. The van der Waals surface area contributed by atoms with Crippen LogP contribution in [0, 0.1) is 17.8 Å². The van der Waals surface area contributed by atoms with Gasteiger partial charge >= 0.3 is 0 Å². The van der Waals surface area contributed by atoms with Gasteiger partial charge in [0.25, 0.3) is 0 Å². The second kappa shape index (κ2) is 44.1. The van der Waals surface area contributed by atoms with Gasteiger partial charge in [0.05, 0.1) is 12.2 Å². The summed E-state index contributed by atoms with van der Waals surface area (Å²) in [6, 6.07) is 0. The Morgan fingerprint density at radius 2 is 0.383 bits per heavy atom. The normalized spacial score (nSPS) is 13.4. The quantitative estimate of drug-likeness (QED) is 0.0535. The fourth-order valence-electron chi connectivity index (χ4n) is 9.79. The second-order valence-electron chi connectivity index (χ2n) is 21.8. The maximum absolute atomic E-state index is 12.2. The summed E-state index contributed by atoms with van der Waals surface area (Å²) in [5, 5.41) is 34.7. The molecule has 0 amide bonds. The lowest BCUT2D eigenvalue weighted by Crippen LogP contribution is -2.56. The summed E-state index contributed by atoms with van der Waals surface area (Å²) >= 11 is 0. The largest absolute Gasteiger partial charge is 0.393 e. The molecule has 0 spiro atoms. The van der Waals surface area contributed by atoms with Crippen LogP contribution in [0.15, 0.2) is 0 Å². The van der Waals surface area contributed by atoms with Crippen molar-refractivity contribution in [2.75, 3.05) is 6.61 Å². The molecule has 0 aromatic rings. The van der Waals surface area contributed by atoms with Gasteiger partial charge in [-0.25, -0.2) is 0 Å². The monoisotopic (exact) mass is 849 g/mol. The highest BCUT2D eigenvalue weighted by atomic mass is 16.4. The molecule has 3 heteroatoms. The van der Waals surface area contributed by atoms with Crippen LogP contribution in [0.25, 0.3) is 0 Å². The molecule has 0 saturated carbocycles. The number of hydrogen-bond acceptors (Lipinski definition) is 3. The molecule has 0 heterocycles. The van der Waals surface area contributed by atoms with E-state index in [1.165, 1.54) is 231 Å². The molecule has 60 heavy (non-hydrogen) atoms. The van der Waals surface area contributed by atoms with Gasteiger partial charge in [0.2, 0.25) is 0 Å². The Morgan fingerprint density at radius 3 is 0.550 bits per heavy atom. The molecular formula is C57H116O3. The van der Waals surface area contributed by atoms with Crippen LogP contribution in [-0.2, 0) is 0 Å². The van der Waals surface area contributed by atoms with Gasteiger partial charge in [-0.2, -0.15) is 0 Å². The van der Waals surface area contributed by atoms with Gasteiger partial charge in [-0.15, -0.1) is 0 Å². The molecule has 0 aliphatic heterocycles. The second-order valence-corrected chi connectivity index (χ2v) is 21.8. The van der Waals surface area contributed by atoms with Gasteiger partial charge in [-0.05, 0) is 37.0 Å². The van der Waals surface area contributed by atoms with Gasteiger partial charge in [0.15, 0.2) is 0 Å². The predicted octanol–water partition coefficient (Wildman–Crippen LogP) is 19.0. The highest BCUT2D eigenvalue weighted by Gasteiger charge is 2.47. The third kappa shape index (κ3) is 39.5. The van der Waals surface area contributed by atoms with Crippen LogP contribution < -0.4 is 0 Å². The first-order valence-corrected chi connectivity index (χ1v) is 28.1. The Bertz CT molecular complexity index is 784. The van der Waals surface area contributed by atoms with Gasteiger partial charge < -0.3 is 15.3 Å². The summed E-state index contributed by atoms with van der Waals surface area (Å²) in [7, 11) is 0. The average Bonchev–Trinajstić information content (AvgIpc) is 3.21. The van der Waals surface area contributed by atoms with Crippen molar-refractivity contribution in [2.45, 2.75) is 342 Å². The van der Waals surface area contributed by atoms with Crippen LogP contribution in [0.3, 0.4) is 0 Å².